The normalized spacial score (nSPS) is 17.3. The number of halogens is 1. The number of benzene rings is 1. The number of nitrogens with zero attached hydrogens (tertiary/aromatic N) is 6. The fourth-order valence-corrected chi connectivity index (χ4v) is 3.09. The molecule has 1 fully saturated rings. The number of amides is 1. The minimum absolute atomic E-state index is 0.0360. The predicted octanol–water partition coefficient (Wildman–Crippen LogP) is 2.35. The molecule has 1 atom stereocenters. The molecule has 1 aromatic carbocycles. The maximum atomic E-state index is 13.1. The summed E-state index contributed by atoms with van der Waals surface area (Å²) in [5.41, 5.74) is 1.28. The van der Waals surface area contributed by atoms with Crippen LogP contribution in [-0.4, -0.2) is 49.1 Å². The lowest BCUT2D eigenvalue weighted by atomic mass is 10.0. The van der Waals surface area contributed by atoms with Crippen LogP contribution in [0.3, 0.4) is 0 Å². The Bertz CT molecular complexity index is 896. The van der Waals surface area contributed by atoms with Crippen molar-refractivity contribution in [2.45, 2.75) is 18.9 Å². The Balaban J connectivity index is 1.49. The van der Waals surface area contributed by atoms with E-state index in [0.717, 1.165) is 18.4 Å². The van der Waals surface area contributed by atoms with Crippen LogP contribution in [0.4, 0.5) is 4.39 Å². The summed E-state index contributed by atoms with van der Waals surface area (Å²) in [5, 5.41) is 12.7. The van der Waals surface area contributed by atoms with Gasteiger partial charge in [0.1, 0.15) is 5.82 Å². The maximum absolute atomic E-state index is 13.1. The zero-order chi connectivity index (χ0) is 17.9. The van der Waals surface area contributed by atoms with Gasteiger partial charge < -0.3 is 4.90 Å². The molecule has 3 heterocycles. The molecule has 0 saturated carbocycles. The van der Waals surface area contributed by atoms with Crippen molar-refractivity contribution < 1.29 is 9.18 Å². The Morgan fingerprint density at radius 1 is 1.19 bits per heavy atom. The fraction of sp³-hybridized carbons (Fsp3) is 0.278. The molecule has 8 heteroatoms. The number of aromatic nitrogens is 5. The van der Waals surface area contributed by atoms with Crippen LogP contribution in [0.25, 0.3) is 11.4 Å². The molecule has 0 aliphatic carbocycles. The van der Waals surface area contributed by atoms with E-state index in [4.69, 9.17) is 0 Å². The minimum Gasteiger partial charge on any atom is -0.336 e. The van der Waals surface area contributed by atoms with Crippen LogP contribution >= 0.6 is 0 Å². The standard InChI is InChI=1S/C18H17FN6O/c19-15-7-5-13(6-8-15)18(26)24-10-2-4-16(12-24)25-22-17(21-23-25)14-3-1-9-20-11-14/h1,3,5-9,11,16H,2,4,10,12H2/t16-/m0/s1. The molecular weight excluding hydrogens is 335 g/mol. The molecule has 2 aromatic heterocycles. The average molecular weight is 352 g/mol. The summed E-state index contributed by atoms with van der Waals surface area (Å²) in [6, 6.07) is 9.28. The second kappa shape index (κ2) is 6.99. The molecule has 1 aliphatic heterocycles. The average Bonchev–Trinajstić information content (AvgIpc) is 3.19. The highest BCUT2D eigenvalue weighted by atomic mass is 19.1. The smallest absolute Gasteiger partial charge is 0.253 e. The van der Waals surface area contributed by atoms with Gasteiger partial charge in [-0.05, 0) is 54.5 Å². The summed E-state index contributed by atoms with van der Waals surface area (Å²) in [6.45, 7) is 1.16. The Morgan fingerprint density at radius 2 is 2.04 bits per heavy atom. The molecule has 26 heavy (non-hydrogen) atoms. The second-order valence-corrected chi connectivity index (χ2v) is 6.23. The van der Waals surface area contributed by atoms with Crippen LogP contribution in [0.2, 0.25) is 0 Å². The second-order valence-electron chi connectivity index (χ2n) is 6.23. The summed E-state index contributed by atoms with van der Waals surface area (Å²) in [6.07, 6.45) is 5.10. The molecule has 1 saturated heterocycles. The summed E-state index contributed by atoms with van der Waals surface area (Å²) in [7, 11) is 0. The lowest BCUT2D eigenvalue weighted by molar-refractivity contribution is 0.0663. The monoisotopic (exact) mass is 352 g/mol. The lowest BCUT2D eigenvalue weighted by Gasteiger charge is -2.31. The molecule has 0 unspecified atom stereocenters. The highest BCUT2D eigenvalue weighted by Crippen LogP contribution is 2.22. The number of tetrazole rings is 1. The quantitative estimate of drug-likeness (QED) is 0.723. The van der Waals surface area contributed by atoms with Gasteiger partial charge in [-0.15, -0.1) is 10.2 Å². The number of pyridine rings is 1. The van der Waals surface area contributed by atoms with Gasteiger partial charge in [0, 0.05) is 36.6 Å². The van der Waals surface area contributed by atoms with E-state index in [1.165, 1.54) is 24.3 Å². The number of piperidine rings is 1. The van der Waals surface area contributed by atoms with Crippen LogP contribution in [0.15, 0.2) is 48.8 Å². The van der Waals surface area contributed by atoms with Gasteiger partial charge >= 0.3 is 0 Å². The summed E-state index contributed by atoms with van der Waals surface area (Å²) in [4.78, 5) is 20.0. The van der Waals surface area contributed by atoms with Crippen molar-refractivity contribution in [2.75, 3.05) is 13.1 Å². The van der Waals surface area contributed by atoms with E-state index in [1.807, 2.05) is 12.1 Å². The third-order valence-corrected chi connectivity index (χ3v) is 4.45. The first-order chi connectivity index (χ1) is 12.7. The van der Waals surface area contributed by atoms with Gasteiger partial charge in [-0.1, -0.05) is 0 Å². The van der Waals surface area contributed by atoms with Crippen molar-refractivity contribution in [3.05, 3.63) is 60.2 Å². The van der Waals surface area contributed by atoms with E-state index in [0.29, 0.717) is 24.5 Å². The number of carbonyl (C=O) groups is 1. The van der Waals surface area contributed by atoms with E-state index in [-0.39, 0.29) is 17.8 Å². The minimum atomic E-state index is -0.354. The van der Waals surface area contributed by atoms with Crippen LogP contribution in [-0.2, 0) is 0 Å². The highest BCUT2D eigenvalue weighted by Gasteiger charge is 2.27. The van der Waals surface area contributed by atoms with Crippen molar-refractivity contribution in [1.29, 1.82) is 0 Å². The van der Waals surface area contributed by atoms with E-state index in [9.17, 15) is 9.18 Å². The molecule has 0 bridgehead atoms. The van der Waals surface area contributed by atoms with E-state index in [1.54, 1.807) is 22.1 Å². The largest absolute Gasteiger partial charge is 0.336 e. The zero-order valence-electron chi connectivity index (χ0n) is 14.0. The van der Waals surface area contributed by atoms with Gasteiger partial charge in [0.2, 0.25) is 5.82 Å². The van der Waals surface area contributed by atoms with Crippen molar-refractivity contribution in [3.63, 3.8) is 0 Å². The Hall–Kier alpha value is -3.16. The van der Waals surface area contributed by atoms with Crippen LogP contribution < -0.4 is 0 Å². The first kappa shape index (κ1) is 16.3. The molecule has 1 aliphatic rings. The third kappa shape index (κ3) is 3.30. The molecule has 4 rings (SSSR count). The lowest BCUT2D eigenvalue weighted by Crippen LogP contribution is -2.41. The number of rotatable bonds is 3. The molecule has 7 nitrogen and oxygen atoms in total. The molecule has 132 valence electrons. The van der Waals surface area contributed by atoms with Gasteiger partial charge in [0.25, 0.3) is 5.91 Å². The Kier molecular flexibility index (Phi) is 4.39. The Morgan fingerprint density at radius 3 is 2.81 bits per heavy atom. The van der Waals surface area contributed by atoms with Gasteiger partial charge in [0.05, 0.1) is 6.04 Å². The van der Waals surface area contributed by atoms with Crippen LogP contribution in [0.5, 0.6) is 0 Å². The zero-order valence-corrected chi connectivity index (χ0v) is 14.0. The molecule has 0 radical (unpaired) electrons. The van der Waals surface area contributed by atoms with Gasteiger partial charge in [-0.2, -0.15) is 4.80 Å². The van der Waals surface area contributed by atoms with E-state index in [2.05, 4.69) is 20.4 Å². The number of hydrogen-bond acceptors (Lipinski definition) is 5. The Labute approximate surface area is 149 Å². The number of hydrogen-bond donors (Lipinski definition) is 0. The third-order valence-electron chi connectivity index (χ3n) is 4.45. The van der Waals surface area contributed by atoms with Gasteiger partial charge in [-0.3, -0.25) is 9.78 Å². The first-order valence-electron chi connectivity index (χ1n) is 8.45. The summed E-state index contributed by atoms with van der Waals surface area (Å²) < 4.78 is 13.1. The summed E-state index contributed by atoms with van der Waals surface area (Å²) >= 11 is 0. The van der Waals surface area contributed by atoms with E-state index >= 15 is 0 Å². The van der Waals surface area contributed by atoms with Crippen LogP contribution in [0, 0.1) is 5.82 Å². The van der Waals surface area contributed by atoms with E-state index < -0.39 is 0 Å². The fourth-order valence-electron chi connectivity index (χ4n) is 3.09. The molecule has 3 aromatic rings. The SMILES string of the molecule is O=C(c1ccc(F)cc1)N1CCC[C@H](n2nnc(-c3cccnc3)n2)C1. The molecular formula is C18H17FN6O. The predicted molar refractivity (Wildman–Crippen MR) is 91.6 cm³/mol. The molecule has 0 N–H and O–H groups in total. The highest BCUT2D eigenvalue weighted by molar-refractivity contribution is 5.94. The van der Waals surface area contributed by atoms with Crippen molar-refractivity contribution in [3.8, 4) is 11.4 Å². The first-order valence-corrected chi connectivity index (χ1v) is 8.45. The summed E-state index contributed by atoms with van der Waals surface area (Å²) in [5.74, 6) is 0.0511. The van der Waals surface area contributed by atoms with Crippen molar-refractivity contribution in [1.82, 2.24) is 30.1 Å². The topological polar surface area (TPSA) is 76.8 Å². The van der Waals surface area contributed by atoms with Crippen LogP contribution in [0.1, 0.15) is 29.2 Å². The van der Waals surface area contributed by atoms with Gasteiger partial charge in [-0.25, -0.2) is 4.39 Å². The maximum Gasteiger partial charge on any atom is 0.253 e. The van der Waals surface area contributed by atoms with Crippen molar-refractivity contribution >= 4 is 5.91 Å². The molecule has 0 spiro atoms. The molecule has 1 amide bonds. The van der Waals surface area contributed by atoms with Gasteiger partial charge in [0.15, 0.2) is 0 Å². The number of likely N-dealkylation sites (tertiary alicyclic amines) is 1. The van der Waals surface area contributed by atoms with Crippen molar-refractivity contribution in [2.24, 2.45) is 0 Å². The number of carbonyl (C=O) groups excluding carboxylic acids is 1.